The number of nitrogens with zero attached hydrogens (tertiary/aromatic N) is 3. The monoisotopic (exact) mass is 256 g/mol. The van der Waals surface area contributed by atoms with Crippen molar-refractivity contribution in [3.05, 3.63) is 10.6 Å². The fourth-order valence-corrected chi connectivity index (χ4v) is 2.66. The lowest BCUT2D eigenvalue weighted by Crippen LogP contribution is -2.28. The summed E-state index contributed by atoms with van der Waals surface area (Å²) >= 11 is 5.16. The second-order valence-electron chi connectivity index (χ2n) is 4.83. The molecular weight excluding hydrogens is 236 g/mol. The van der Waals surface area contributed by atoms with Crippen LogP contribution in [0.3, 0.4) is 0 Å². The molecule has 5 nitrogen and oxygen atoms in total. The molecule has 17 heavy (non-hydrogen) atoms. The van der Waals surface area contributed by atoms with E-state index in [1.54, 1.807) is 0 Å². The van der Waals surface area contributed by atoms with E-state index in [-0.39, 0.29) is 6.61 Å². The predicted octanol–water partition coefficient (Wildman–Crippen LogP) is 1.16. The van der Waals surface area contributed by atoms with E-state index in [1.165, 1.54) is 25.9 Å². The van der Waals surface area contributed by atoms with Gasteiger partial charge in [-0.3, -0.25) is 5.10 Å². The van der Waals surface area contributed by atoms with Gasteiger partial charge in [-0.25, -0.2) is 0 Å². The van der Waals surface area contributed by atoms with Crippen molar-refractivity contribution in [2.45, 2.75) is 32.9 Å². The molecule has 1 aromatic heterocycles. The van der Waals surface area contributed by atoms with Gasteiger partial charge in [0.2, 0.25) is 0 Å². The van der Waals surface area contributed by atoms with Crippen LogP contribution in [0, 0.1) is 10.7 Å². The number of aliphatic hydroxyl groups is 1. The van der Waals surface area contributed by atoms with Crippen molar-refractivity contribution in [2.24, 2.45) is 5.92 Å². The molecule has 1 unspecified atom stereocenters. The van der Waals surface area contributed by atoms with Gasteiger partial charge in [-0.15, -0.1) is 0 Å². The zero-order chi connectivity index (χ0) is 12.3. The molecule has 0 saturated carbocycles. The van der Waals surface area contributed by atoms with Crippen LogP contribution in [0.5, 0.6) is 0 Å². The van der Waals surface area contributed by atoms with Crippen molar-refractivity contribution >= 4 is 12.2 Å². The summed E-state index contributed by atoms with van der Waals surface area (Å²) in [6.45, 7) is 6.50. The SMILES string of the molecule is CC(CN1CCCC1)Cn1c(CO)n[nH]c1=S. The van der Waals surface area contributed by atoms with Crippen LogP contribution in [0.1, 0.15) is 25.6 Å². The number of nitrogens with one attached hydrogen (secondary N) is 1. The number of likely N-dealkylation sites (tertiary alicyclic amines) is 1. The number of hydrogen-bond donors (Lipinski definition) is 2. The number of aromatic amines is 1. The predicted molar refractivity (Wildman–Crippen MR) is 68.2 cm³/mol. The minimum absolute atomic E-state index is 0.0659. The van der Waals surface area contributed by atoms with Gasteiger partial charge in [-0.05, 0) is 44.1 Å². The first-order chi connectivity index (χ1) is 8.20. The number of aliphatic hydroxyl groups excluding tert-OH is 1. The summed E-state index contributed by atoms with van der Waals surface area (Å²) in [5, 5.41) is 15.9. The van der Waals surface area contributed by atoms with Gasteiger partial charge in [0, 0.05) is 13.1 Å². The summed E-state index contributed by atoms with van der Waals surface area (Å²) in [6.07, 6.45) is 2.64. The smallest absolute Gasteiger partial charge is 0.195 e. The number of rotatable bonds is 5. The van der Waals surface area contributed by atoms with E-state index < -0.39 is 0 Å². The maximum absolute atomic E-state index is 9.17. The molecule has 0 amide bonds. The second kappa shape index (κ2) is 5.75. The standard InChI is InChI=1S/C11H20N4OS/c1-9(6-14-4-2-3-5-14)7-15-10(8-16)12-13-11(15)17/h9,16H,2-8H2,1H3,(H,13,17). The Hall–Kier alpha value is -0.720. The third-order valence-electron chi connectivity index (χ3n) is 3.24. The molecule has 1 aromatic rings. The van der Waals surface area contributed by atoms with E-state index in [0.717, 1.165) is 13.1 Å². The van der Waals surface area contributed by atoms with E-state index in [0.29, 0.717) is 16.5 Å². The number of H-pyrrole nitrogens is 1. The average molecular weight is 256 g/mol. The third kappa shape index (κ3) is 3.14. The van der Waals surface area contributed by atoms with Crippen LogP contribution >= 0.6 is 12.2 Å². The lowest BCUT2D eigenvalue weighted by atomic mass is 10.1. The van der Waals surface area contributed by atoms with Gasteiger partial charge in [0.1, 0.15) is 6.61 Å². The Morgan fingerprint density at radius 1 is 1.41 bits per heavy atom. The van der Waals surface area contributed by atoms with E-state index in [2.05, 4.69) is 22.0 Å². The van der Waals surface area contributed by atoms with Crippen LogP contribution in [-0.2, 0) is 13.2 Å². The van der Waals surface area contributed by atoms with Crippen molar-refractivity contribution in [1.29, 1.82) is 0 Å². The Morgan fingerprint density at radius 2 is 2.12 bits per heavy atom. The van der Waals surface area contributed by atoms with Gasteiger partial charge < -0.3 is 14.6 Å². The fraction of sp³-hybridized carbons (Fsp3) is 0.818. The molecule has 0 aromatic carbocycles. The second-order valence-corrected chi connectivity index (χ2v) is 5.21. The lowest BCUT2D eigenvalue weighted by molar-refractivity contribution is 0.247. The van der Waals surface area contributed by atoms with Crippen molar-refractivity contribution in [1.82, 2.24) is 19.7 Å². The van der Waals surface area contributed by atoms with Crippen LogP contribution in [-0.4, -0.2) is 44.4 Å². The van der Waals surface area contributed by atoms with Crippen LogP contribution in [0.2, 0.25) is 0 Å². The maximum atomic E-state index is 9.17. The molecule has 1 atom stereocenters. The van der Waals surface area contributed by atoms with Crippen molar-refractivity contribution in [2.75, 3.05) is 19.6 Å². The highest BCUT2D eigenvalue weighted by Crippen LogP contribution is 2.12. The molecule has 1 aliphatic heterocycles. The van der Waals surface area contributed by atoms with E-state index in [1.807, 2.05) is 4.57 Å². The molecule has 0 spiro atoms. The summed E-state index contributed by atoms with van der Waals surface area (Å²) in [4.78, 5) is 2.49. The first kappa shape index (κ1) is 12.7. The third-order valence-corrected chi connectivity index (χ3v) is 3.55. The molecule has 1 aliphatic rings. The molecule has 0 aliphatic carbocycles. The molecule has 0 bridgehead atoms. The minimum atomic E-state index is -0.0659. The van der Waals surface area contributed by atoms with Gasteiger partial charge in [-0.2, -0.15) is 5.10 Å². The minimum Gasteiger partial charge on any atom is -0.388 e. The van der Waals surface area contributed by atoms with E-state index >= 15 is 0 Å². The zero-order valence-electron chi connectivity index (χ0n) is 10.2. The summed E-state index contributed by atoms with van der Waals surface area (Å²) in [6, 6.07) is 0. The van der Waals surface area contributed by atoms with Crippen molar-refractivity contribution < 1.29 is 5.11 Å². The van der Waals surface area contributed by atoms with Crippen LogP contribution < -0.4 is 0 Å². The summed E-state index contributed by atoms with van der Waals surface area (Å²) < 4.78 is 2.50. The molecular formula is C11H20N4OS. The average Bonchev–Trinajstić information content (AvgIpc) is 2.90. The molecule has 1 fully saturated rings. The Labute approximate surface area is 106 Å². The molecule has 2 rings (SSSR count). The summed E-state index contributed by atoms with van der Waals surface area (Å²) in [5.41, 5.74) is 0. The van der Waals surface area contributed by atoms with Crippen LogP contribution in [0.25, 0.3) is 0 Å². The van der Waals surface area contributed by atoms with Gasteiger partial charge in [0.15, 0.2) is 10.6 Å². The van der Waals surface area contributed by atoms with Gasteiger partial charge in [-0.1, -0.05) is 6.92 Å². The summed E-state index contributed by atoms with van der Waals surface area (Å²) in [7, 11) is 0. The Balaban J connectivity index is 1.94. The van der Waals surface area contributed by atoms with Crippen LogP contribution in [0.15, 0.2) is 0 Å². The highest BCUT2D eigenvalue weighted by atomic mass is 32.1. The Kier molecular flexibility index (Phi) is 4.31. The molecule has 2 N–H and O–H groups in total. The molecule has 0 radical (unpaired) electrons. The molecule has 1 saturated heterocycles. The van der Waals surface area contributed by atoms with Gasteiger partial charge in [0.25, 0.3) is 0 Å². The lowest BCUT2D eigenvalue weighted by Gasteiger charge is -2.20. The highest BCUT2D eigenvalue weighted by Gasteiger charge is 2.16. The first-order valence-corrected chi connectivity index (χ1v) is 6.59. The van der Waals surface area contributed by atoms with E-state index in [9.17, 15) is 0 Å². The number of hydrogen-bond acceptors (Lipinski definition) is 4. The first-order valence-electron chi connectivity index (χ1n) is 6.18. The molecule has 2 heterocycles. The quantitative estimate of drug-likeness (QED) is 0.776. The van der Waals surface area contributed by atoms with E-state index in [4.69, 9.17) is 17.3 Å². The topological polar surface area (TPSA) is 57.1 Å². The van der Waals surface area contributed by atoms with Crippen LogP contribution in [0.4, 0.5) is 0 Å². The van der Waals surface area contributed by atoms with Gasteiger partial charge >= 0.3 is 0 Å². The summed E-state index contributed by atoms with van der Waals surface area (Å²) in [5.74, 6) is 1.14. The molecule has 96 valence electrons. The Morgan fingerprint density at radius 3 is 2.76 bits per heavy atom. The molecule has 6 heteroatoms. The largest absolute Gasteiger partial charge is 0.388 e. The van der Waals surface area contributed by atoms with Gasteiger partial charge in [0.05, 0.1) is 0 Å². The Bertz CT molecular complexity index is 408. The highest BCUT2D eigenvalue weighted by molar-refractivity contribution is 7.71. The normalized spacial score (nSPS) is 18.7. The van der Waals surface area contributed by atoms with Crippen molar-refractivity contribution in [3.8, 4) is 0 Å². The maximum Gasteiger partial charge on any atom is 0.195 e. The number of aromatic nitrogens is 3. The zero-order valence-corrected chi connectivity index (χ0v) is 11.0. The van der Waals surface area contributed by atoms with Crippen molar-refractivity contribution in [3.63, 3.8) is 0 Å². The fourth-order valence-electron chi connectivity index (χ4n) is 2.43.